The molecule has 5 aromatic rings. The molecule has 55 heavy (non-hydrogen) atoms. The van der Waals surface area contributed by atoms with E-state index in [1.54, 1.807) is 23.3 Å². The zero-order chi connectivity index (χ0) is 38.0. The summed E-state index contributed by atoms with van der Waals surface area (Å²) in [4.78, 5) is 60.2. The minimum Gasteiger partial charge on any atom is -0.494 e. The number of rotatable bonds is 8. The van der Waals surface area contributed by atoms with E-state index in [9.17, 15) is 24.4 Å². The number of imide groups is 1. The van der Waals surface area contributed by atoms with Gasteiger partial charge in [0.1, 0.15) is 17.9 Å². The van der Waals surface area contributed by atoms with Crippen molar-refractivity contribution >= 4 is 51.0 Å². The number of hydrogen-bond donors (Lipinski definition) is 2. The Bertz CT molecular complexity index is 2470. The van der Waals surface area contributed by atoms with Gasteiger partial charge in [0.25, 0.3) is 5.91 Å². The van der Waals surface area contributed by atoms with Crippen LogP contribution in [-0.4, -0.2) is 85.3 Å². The maximum absolute atomic E-state index is 13.5. The fraction of sp³-hybridized carbons (Fsp3) is 0.425. The molecule has 0 radical (unpaired) electrons. The number of methoxy groups -OCH3 is 1. The van der Waals surface area contributed by atoms with E-state index in [2.05, 4.69) is 42.4 Å². The third kappa shape index (κ3) is 6.10. The average Bonchev–Trinajstić information content (AvgIpc) is 3.97. The Hall–Kier alpha value is -6.01. The van der Waals surface area contributed by atoms with Crippen molar-refractivity contribution in [2.24, 2.45) is 13.0 Å². The number of carbonyl (C=O) groups excluding carboxylic acids is 3. The van der Waals surface area contributed by atoms with Gasteiger partial charge in [0.05, 0.1) is 52.2 Å². The quantitative estimate of drug-likeness (QED) is 0.222. The zero-order valence-corrected chi connectivity index (χ0v) is 30.8. The number of carbonyl (C=O) groups is 3. The van der Waals surface area contributed by atoms with Crippen molar-refractivity contribution in [2.75, 3.05) is 37.0 Å². The molecule has 2 aromatic carbocycles. The molecular formula is C40H42N10O5. The van der Waals surface area contributed by atoms with Gasteiger partial charge in [-0.3, -0.25) is 43.4 Å². The molecule has 3 amide bonds. The van der Waals surface area contributed by atoms with Crippen molar-refractivity contribution in [1.82, 2.24) is 34.1 Å². The van der Waals surface area contributed by atoms with Gasteiger partial charge in [-0.2, -0.15) is 10.4 Å². The molecule has 0 spiro atoms. The normalized spacial score (nSPS) is 24.0. The molecule has 3 atom stereocenters. The number of amides is 3. The number of pyridine rings is 1. The van der Waals surface area contributed by atoms with E-state index < -0.39 is 11.9 Å². The van der Waals surface area contributed by atoms with E-state index in [1.807, 2.05) is 30.3 Å². The van der Waals surface area contributed by atoms with Crippen LogP contribution in [0.5, 0.6) is 5.75 Å². The first-order valence-electron chi connectivity index (χ1n) is 19.0. The van der Waals surface area contributed by atoms with Gasteiger partial charge in [0.2, 0.25) is 11.8 Å². The van der Waals surface area contributed by atoms with E-state index in [0.717, 1.165) is 79.4 Å². The molecule has 4 aliphatic rings. The lowest BCUT2D eigenvalue weighted by molar-refractivity contribution is -0.135. The van der Waals surface area contributed by atoms with Crippen LogP contribution in [0, 0.1) is 17.2 Å². The number of anilines is 2. The first kappa shape index (κ1) is 34.7. The van der Waals surface area contributed by atoms with Crippen LogP contribution in [0.25, 0.3) is 21.9 Å². The number of benzene rings is 2. The minimum absolute atomic E-state index is 0.215. The van der Waals surface area contributed by atoms with Gasteiger partial charge >= 0.3 is 5.69 Å². The third-order valence-electron chi connectivity index (χ3n) is 12.2. The molecule has 1 aliphatic carbocycles. The maximum Gasteiger partial charge on any atom is 0.329 e. The number of fused-ring (bicyclic) bond motifs is 4. The number of aryl methyl sites for hydroxylation is 1. The number of hydrogen-bond acceptors (Lipinski definition) is 10. The highest BCUT2D eigenvalue weighted by molar-refractivity contribution is 6.06. The average molecular weight is 743 g/mol. The maximum atomic E-state index is 13.5. The van der Waals surface area contributed by atoms with Crippen LogP contribution in [0.3, 0.4) is 0 Å². The SMILES string of the molecule is COc1cc2nn([C@H]3CC[C@H](CN4C[C@H]5C[C@@H]4CN5c4cccc5c4n(C)c(=O)n5C4CCC(=O)NC4=O)CC3)cc2cc1NC(=O)c1cncc(C#N)c1. The molecular weight excluding hydrogens is 701 g/mol. The zero-order valence-electron chi connectivity index (χ0n) is 30.8. The van der Waals surface area contributed by atoms with E-state index in [-0.39, 0.29) is 35.5 Å². The van der Waals surface area contributed by atoms with Crippen LogP contribution in [0.2, 0.25) is 0 Å². The number of ether oxygens (including phenoxy) is 1. The summed E-state index contributed by atoms with van der Waals surface area (Å²) >= 11 is 0. The predicted molar refractivity (Wildman–Crippen MR) is 204 cm³/mol. The molecule has 6 heterocycles. The summed E-state index contributed by atoms with van der Waals surface area (Å²) < 4.78 is 10.9. The monoisotopic (exact) mass is 742 g/mol. The number of nitrogens with one attached hydrogen (secondary N) is 2. The molecule has 1 saturated carbocycles. The molecule has 3 aliphatic heterocycles. The molecule has 2 N–H and O–H groups in total. The Kier molecular flexibility index (Phi) is 8.64. The Labute approximate surface area is 316 Å². The van der Waals surface area contributed by atoms with Crippen molar-refractivity contribution in [3.63, 3.8) is 0 Å². The van der Waals surface area contributed by atoms with Crippen LogP contribution in [-0.2, 0) is 16.6 Å². The molecule has 2 bridgehead atoms. The fourth-order valence-corrected chi connectivity index (χ4v) is 9.42. The topological polar surface area (TPSA) is 172 Å². The lowest BCUT2D eigenvalue weighted by Crippen LogP contribution is -2.48. The van der Waals surface area contributed by atoms with Crippen molar-refractivity contribution < 1.29 is 19.1 Å². The smallest absolute Gasteiger partial charge is 0.329 e. The molecule has 4 fully saturated rings. The highest BCUT2D eigenvalue weighted by Gasteiger charge is 2.45. The fourth-order valence-electron chi connectivity index (χ4n) is 9.42. The largest absolute Gasteiger partial charge is 0.494 e. The number of para-hydroxylation sites is 1. The number of nitriles is 1. The summed E-state index contributed by atoms with van der Waals surface area (Å²) in [7, 11) is 3.33. The van der Waals surface area contributed by atoms with Crippen LogP contribution in [0.1, 0.15) is 73.0 Å². The van der Waals surface area contributed by atoms with Gasteiger partial charge in [-0.25, -0.2) is 4.79 Å². The first-order chi connectivity index (χ1) is 26.7. The van der Waals surface area contributed by atoms with E-state index in [4.69, 9.17) is 9.84 Å². The van der Waals surface area contributed by atoms with Crippen LogP contribution in [0.4, 0.5) is 11.4 Å². The van der Waals surface area contributed by atoms with Crippen LogP contribution >= 0.6 is 0 Å². The van der Waals surface area contributed by atoms with Crippen LogP contribution in [0.15, 0.2) is 59.8 Å². The number of likely N-dealkylation sites (tertiary alicyclic amines) is 1. The van der Waals surface area contributed by atoms with Crippen molar-refractivity contribution in [2.45, 2.75) is 69.1 Å². The van der Waals surface area contributed by atoms with Crippen molar-refractivity contribution in [3.05, 3.63) is 76.6 Å². The predicted octanol–water partition coefficient (Wildman–Crippen LogP) is 3.89. The second kappa shape index (κ2) is 13.7. The Morgan fingerprint density at radius 1 is 1.04 bits per heavy atom. The summed E-state index contributed by atoms with van der Waals surface area (Å²) in [6.07, 6.45) is 10.8. The van der Waals surface area contributed by atoms with Gasteiger partial charge in [-0.1, -0.05) is 6.07 Å². The molecule has 15 heteroatoms. The van der Waals surface area contributed by atoms with Crippen molar-refractivity contribution in [1.29, 1.82) is 5.26 Å². The van der Waals surface area contributed by atoms with Gasteiger partial charge in [0, 0.05) is 75.2 Å². The molecule has 3 aromatic heterocycles. The third-order valence-corrected chi connectivity index (χ3v) is 12.2. The Balaban J connectivity index is 0.836. The van der Waals surface area contributed by atoms with Gasteiger partial charge in [0.15, 0.2) is 0 Å². The van der Waals surface area contributed by atoms with E-state index in [1.165, 1.54) is 18.5 Å². The summed E-state index contributed by atoms with van der Waals surface area (Å²) in [5.74, 6) is 0.0169. The second-order valence-electron chi connectivity index (χ2n) is 15.4. The van der Waals surface area contributed by atoms with E-state index >= 15 is 0 Å². The molecule has 9 rings (SSSR count). The molecule has 3 saturated heterocycles. The second-order valence-corrected chi connectivity index (χ2v) is 15.4. The molecule has 15 nitrogen and oxygen atoms in total. The Morgan fingerprint density at radius 3 is 2.62 bits per heavy atom. The minimum atomic E-state index is -0.702. The molecule has 282 valence electrons. The van der Waals surface area contributed by atoms with Crippen molar-refractivity contribution in [3.8, 4) is 11.8 Å². The summed E-state index contributed by atoms with van der Waals surface area (Å²) in [5.41, 5.74) is 4.26. The van der Waals surface area contributed by atoms with Gasteiger partial charge < -0.3 is 15.0 Å². The van der Waals surface area contributed by atoms with Crippen LogP contribution < -0.4 is 26.0 Å². The lowest BCUT2D eigenvalue weighted by atomic mass is 9.85. The summed E-state index contributed by atoms with van der Waals surface area (Å²) in [6.45, 7) is 2.95. The number of imidazole rings is 1. The first-order valence-corrected chi connectivity index (χ1v) is 19.0. The summed E-state index contributed by atoms with van der Waals surface area (Å²) in [5, 5.41) is 20.3. The highest BCUT2D eigenvalue weighted by Crippen LogP contribution is 2.41. The summed E-state index contributed by atoms with van der Waals surface area (Å²) in [6, 6.07) is 13.6. The number of piperidine rings is 1. The van der Waals surface area contributed by atoms with Gasteiger partial charge in [-0.05, 0) is 68.7 Å². The number of piperazine rings is 1. The Morgan fingerprint density at radius 2 is 1.87 bits per heavy atom. The lowest BCUT2D eigenvalue weighted by Gasteiger charge is -2.39. The number of nitrogens with zero attached hydrogens (tertiary/aromatic N) is 8. The highest BCUT2D eigenvalue weighted by atomic mass is 16.5. The number of aromatic nitrogens is 5. The van der Waals surface area contributed by atoms with E-state index in [0.29, 0.717) is 41.4 Å². The van der Waals surface area contributed by atoms with Gasteiger partial charge in [-0.15, -0.1) is 0 Å². The molecule has 1 unspecified atom stereocenters. The standard InChI is InChI=1S/C40H42N10O5/c1-46-37-32(4-3-5-33(37)50(40(46)54)34-10-11-36(51)44-39(34)53)48-22-28-14-29(48)21-47(28)19-23-6-8-27(9-7-23)49-20-26-13-31(35(55-2)15-30(26)45-49)43-38(52)25-12-24(16-41)17-42-18-25/h3-5,12-13,15,17-18,20,23,27-29,34H,6-11,14,19,21-22H2,1-2H3,(H,43,52)(H,44,51,53)/t23-,27-,28-,29-,34?/m1/s1.